The normalized spacial score (nSPS) is 17.8. The average Bonchev–Trinajstić information content (AvgIpc) is 3.83. The zero-order chi connectivity index (χ0) is 57.7. The summed E-state index contributed by atoms with van der Waals surface area (Å²) in [4.78, 5) is 6.98. The molecule has 0 radical (unpaired) electrons. The van der Waals surface area contributed by atoms with Crippen LogP contribution in [0, 0.1) is 0 Å². The van der Waals surface area contributed by atoms with Crippen LogP contribution in [0.4, 0.5) is 31.5 Å². The summed E-state index contributed by atoms with van der Waals surface area (Å²) in [5.74, 6) is -4.11. The molecule has 3 heterocycles. The van der Waals surface area contributed by atoms with Crippen molar-refractivity contribution < 1.29 is 36.2 Å². The number of nitrogens with zero attached hydrogens (tertiary/aromatic N) is 4. The minimum absolute atomic E-state index is 0.0792. The first-order chi connectivity index (χ1) is 37.0. The highest BCUT2D eigenvalue weighted by Crippen LogP contribution is 2.50. The Hall–Kier alpha value is -7.05. The summed E-state index contributed by atoms with van der Waals surface area (Å²) in [7, 11) is 0. The summed E-state index contributed by atoms with van der Waals surface area (Å²) in [6.07, 6.45) is 1.46. The van der Waals surface area contributed by atoms with Crippen LogP contribution in [0.3, 0.4) is 0 Å². The quantitative estimate of drug-likeness (QED) is 0.161. The van der Waals surface area contributed by atoms with E-state index < -0.39 is 161 Å². The topological polar surface area (TPSA) is 24.3 Å². The Morgan fingerprint density at radius 2 is 1.17 bits per heavy atom. The molecule has 288 valence electrons. The molecule has 0 saturated heterocycles. The van der Waals surface area contributed by atoms with Gasteiger partial charge in [0.1, 0.15) is 12.5 Å². The molecule has 0 fully saturated rings. The maximum atomic E-state index is 17.9. The van der Waals surface area contributed by atoms with Gasteiger partial charge < -0.3 is 9.80 Å². The SMILES string of the molecule is [2H]c1c([2H])c([2H])c(-c2cccc(-c3c([2H])c([2H])c([2H])c([2H])c3[2H])c2N2CN(c3cccc(C(F)(F)c4cc5c(c([2H])c4[2H])c4c([2H])c([2H])c([2H])c([2H])c4n5-c4cc(C(C)(C)C)ccn4)c3)c3c([2H])c([2H])c([2H])c([2H])c32)c([2H])c1[2H]. The number of hydrogen-bond donors (Lipinski definition) is 0. The summed E-state index contributed by atoms with van der Waals surface area (Å²) in [5, 5.41) is -0.401. The van der Waals surface area contributed by atoms with Crippen LogP contribution < -0.4 is 9.80 Å². The third-order valence-corrected chi connectivity index (χ3v) is 10.3. The van der Waals surface area contributed by atoms with Gasteiger partial charge in [-0.2, -0.15) is 8.78 Å². The third-order valence-electron chi connectivity index (χ3n) is 10.3. The number of rotatable bonds is 7. The zero-order valence-electron chi connectivity index (χ0n) is 51.6. The van der Waals surface area contributed by atoms with Crippen LogP contribution in [0.2, 0.25) is 0 Å². The number of benzene rings is 7. The minimum atomic E-state index is -4.19. The van der Waals surface area contributed by atoms with Crippen molar-refractivity contribution >= 4 is 44.6 Å². The lowest BCUT2D eigenvalue weighted by Crippen LogP contribution is -2.25. The molecule has 0 N–H and O–H groups in total. The lowest BCUT2D eigenvalue weighted by Gasteiger charge is -2.27. The fourth-order valence-electron chi connectivity index (χ4n) is 7.39. The van der Waals surface area contributed by atoms with E-state index in [1.54, 1.807) is 12.1 Å². The molecule has 59 heavy (non-hydrogen) atoms. The highest BCUT2D eigenvalue weighted by atomic mass is 19.3. The van der Waals surface area contributed by atoms with E-state index in [0.717, 1.165) is 23.8 Å². The molecule has 1 aliphatic heterocycles. The van der Waals surface area contributed by atoms with Crippen molar-refractivity contribution in [3.8, 4) is 28.1 Å². The first kappa shape index (κ1) is 20.6. The first-order valence-electron chi connectivity index (χ1n) is 28.4. The second-order valence-electron chi connectivity index (χ2n) is 14.8. The second kappa shape index (κ2) is 14.1. The van der Waals surface area contributed by atoms with E-state index in [4.69, 9.17) is 23.3 Å². The molecule has 0 saturated carbocycles. The molecule has 4 nitrogen and oxygen atoms in total. The molecule has 10 rings (SSSR count). The van der Waals surface area contributed by atoms with Crippen molar-refractivity contribution in [2.45, 2.75) is 32.1 Å². The fourth-order valence-corrected chi connectivity index (χ4v) is 7.39. The molecule has 1 aliphatic rings. The number of para-hydroxylation sites is 4. The van der Waals surface area contributed by atoms with Crippen molar-refractivity contribution in [1.82, 2.24) is 9.55 Å². The van der Waals surface area contributed by atoms with E-state index in [1.165, 1.54) is 50.9 Å². The lowest BCUT2D eigenvalue weighted by molar-refractivity contribution is 0.0430. The Balaban J connectivity index is 1.22. The largest absolute Gasteiger partial charge is 0.321 e. The van der Waals surface area contributed by atoms with Gasteiger partial charge in [0.2, 0.25) is 0 Å². The number of alkyl halides is 2. The van der Waals surface area contributed by atoms with Crippen LogP contribution in [0.25, 0.3) is 49.9 Å². The van der Waals surface area contributed by atoms with Crippen molar-refractivity contribution in [3.05, 3.63) is 204 Å². The molecule has 0 bridgehead atoms. The number of halogens is 2. The summed E-state index contributed by atoms with van der Waals surface area (Å²) < 4.78 is 214. The highest BCUT2D eigenvalue weighted by Gasteiger charge is 2.37. The summed E-state index contributed by atoms with van der Waals surface area (Å²) in [6, 6.07) is -1.53. The van der Waals surface area contributed by atoms with Crippen LogP contribution in [-0.4, -0.2) is 16.2 Å². The Morgan fingerprint density at radius 1 is 0.559 bits per heavy atom. The molecule has 0 atom stereocenters. The van der Waals surface area contributed by atoms with Gasteiger partial charge >= 0.3 is 0 Å². The van der Waals surface area contributed by atoms with Gasteiger partial charge in [-0.25, -0.2) is 4.98 Å². The highest BCUT2D eigenvalue weighted by molar-refractivity contribution is 6.09. The molecule has 9 aromatic rings. The summed E-state index contributed by atoms with van der Waals surface area (Å²) in [5.41, 5.74) is -4.18. The minimum Gasteiger partial charge on any atom is -0.321 e. The Morgan fingerprint density at radius 3 is 1.86 bits per heavy atom. The first-order valence-corrected chi connectivity index (χ1v) is 18.4. The standard InChI is InChI=1S/C53H42F2N4/c1-52(2,3)38-30-31-56-50(34-38)59-46-25-11-10-22-44(46)45-29-28-40(33-49(45)59)53(54,55)39-20-14-21-41(32-39)57-35-58(48-27-13-12-26-47(48)57)51-42(36-16-6-4-7-17-36)23-15-24-43(51)37-18-8-5-9-19-37/h4-34H,35H2,1-3H3/i4D,5D,6D,7D,8D,9D,10D,11D,12D,13D,16D,17D,18D,19D,22D,25D,26D,27D,28D,29D. The molecular formula is C53H42F2N4. The van der Waals surface area contributed by atoms with Gasteiger partial charge in [0.15, 0.2) is 0 Å². The van der Waals surface area contributed by atoms with Crippen LogP contribution in [0.15, 0.2) is 188 Å². The maximum absolute atomic E-state index is 17.9. The van der Waals surface area contributed by atoms with Gasteiger partial charge in [-0.3, -0.25) is 4.57 Å². The Labute approximate surface area is 371 Å². The van der Waals surface area contributed by atoms with Crippen molar-refractivity contribution in [1.29, 1.82) is 0 Å². The number of pyridine rings is 1. The number of anilines is 4. The molecule has 0 spiro atoms. The van der Waals surface area contributed by atoms with E-state index in [2.05, 4.69) is 4.98 Å². The van der Waals surface area contributed by atoms with Gasteiger partial charge in [-0.05, 0) is 70.6 Å². The second-order valence-corrected chi connectivity index (χ2v) is 14.8. The predicted molar refractivity (Wildman–Crippen MR) is 240 cm³/mol. The zero-order valence-corrected chi connectivity index (χ0v) is 31.6. The van der Waals surface area contributed by atoms with Gasteiger partial charge in [0.25, 0.3) is 5.92 Å². The smallest absolute Gasteiger partial charge is 0.298 e. The van der Waals surface area contributed by atoms with Crippen LogP contribution in [-0.2, 0) is 11.3 Å². The molecule has 0 amide bonds. The molecule has 0 aliphatic carbocycles. The lowest BCUT2D eigenvalue weighted by atomic mass is 9.88. The average molecular weight is 793 g/mol. The molecule has 7 aromatic carbocycles. The fraction of sp³-hybridized carbons (Fsp3) is 0.113. The number of fused-ring (bicyclic) bond motifs is 4. The summed E-state index contributed by atoms with van der Waals surface area (Å²) >= 11 is 0. The van der Waals surface area contributed by atoms with E-state index in [1.807, 2.05) is 20.8 Å². The molecule has 6 heteroatoms. The molecule has 0 unspecified atom stereocenters. The van der Waals surface area contributed by atoms with Crippen molar-refractivity contribution in [2.75, 3.05) is 16.5 Å². The van der Waals surface area contributed by atoms with Crippen LogP contribution >= 0.6 is 0 Å². The van der Waals surface area contributed by atoms with Crippen LogP contribution in [0.5, 0.6) is 0 Å². The van der Waals surface area contributed by atoms with Crippen LogP contribution in [0.1, 0.15) is 64.9 Å². The maximum Gasteiger partial charge on any atom is 0.298 e. The number of hydrogen-bond acceptors (Lipinski definition) is 3. The van der Waals surface area contributed by atoms with Crippen molar-refractivity contribution in [3.63, 3.8) is 0 Å². The van der Waals surface area contributed by atoms with Gasteiger partial charge in [0.05, 0.1) is 55.5 Å². The van der Waals surface area contributed by atoms with E-state index in [9.17, 15) is 4.11 Å². The Kier molecular flexibility index (Phi) is 4.92. The van der Waals surface area contributed by atoms with Gasteiger partial charge in [-0.1, -0.05) is 154 Å². The predicted octanol–water partition coefficient (Wildman–Crippen LogP) is 14.2. The third kappa shape index (κ3) is 6.23. The van der Waals surface area contributed by atoms with Gasteiger partial charge in [-0.15, -0.1) is 0 Å². The Bertz CT molecular complexity index is 4030. The van der Waals surface area contributed by atoms with E-state index in [-0.39, 0.29) is 61.5 Å². The molecular weight excluding hydrogens is 731 g/mol. The van der Waals surface area contributed by atoms with E-state index in [0.29, 0.717) is 0 Å². The van der Waals surface area contributed by atoms with Gasteiger partial charge in [0, 0.05) is 44.9 Å². The van der Waals surface area contributed by atoms with E-state index >= 15 is 8.78 Å². The van der Waals surface area contributed by atoms with Crippen molar-refractivity contribution in [2.24, 2.45) is 0 Å². The monoisotopic (exact) mass is 792 g/mol. The number of aromatic nitrogens is 2. The summed E-state index contributed by atoms with van der Waals surface area (Å²) in [6.45, 7) is 5.14. The molecule has 2 aromatic heterocycles.